The number of likely N-dealkylation sites (tertiary alicyclic amines) is 1. The number of nitrogens with zero attached hydrogens (tertiary/aromatic N) is 2. The van der Waals surface area contributed by atoms with Crippen molar-refractivity contribution in [1.29, 1.82) is 0 Å². The topological polar surface area (TPSA) is 111 Å². The summed E-state index contributed by atoms with van der Waals surface area (Å²) in [6, 6.07) is 11.6. The number of carboxylic acid groups (broad SMARTS) is 1. The molecular weight excluding hydrogens is 522 g/mol. The average Bonchev–Trinajstić information content (AvgIpc) is 3.47. The molecule has 1 aromatic heterocycles. The number of amides is 3. The van der Waals surface area contributed by atoms with Gasteiger partial charge < -0.3 is 10.1 Å². The maximum absolute atomic E-state index is 13.4. The summed E-state index contributed by atoms with van der Waals surface area (Å²) in [5.41, 5.74) is 2.21. The number of thiocarbonyl (C=S) groups is 1. The first-order valence-electron chi connectivity index (χ1n) is 10.9. The third-order valence-corrected chi connectivity index (χ3v) is 7.73. The maximum Gasteiger partial charge on any atom is 0.327 e. The molecule has 182 valence electrons. The number of fused-ring (bicyclic) bond motifs is 1. The molecule has 36 heavy (non-hydrogen) atoms. The summed E-state index contributed by atoms with van der Waals surface area (Å²) in [5.74, 6) is -3.23. The third kappa shape index (κ3) is 4.32. The zero-order valence-electron chi connectivity index (χ0n) is 18.5. The minimum Gasteiger partial charge on any atom is -0.480 e. The lowest BCUT2D eigenvalue weighted by molar-refractivity contribution is -0.154. The minimum atomic E-state index is -1.42. The van der Waals surface area contributed by atoms with E-state index in [1.165, 1.54) is 0 Å². The van der Waals surface area contributed by atoms with Gasteiger partial charge in [-0.05, 0) is 35.4 Å². The molecule has 2 aliphatic heterocycles. The highest BCUT2D eigenvalue weighted by atomic mass is 35.5. The van der Waals surface area contributed by atoms with Crippen LogP contribution in [-0.2, 0) is 25.6 Å². The van der Waals surface area contributed by atoms with E-state index < -0.39 is 35.8 Å². The van der Waals surface area contributed by atoms with E-state index in [1.807, 2.05) is 24.3 Å². The SMILES string of the molecule is O=C(O)C(Cc1c[nH]c2ccccc12)N1C(=O)CC(N2C(=O)C(=Cc3ccc(Cl)cc3)SC2=S)C1=O. The number of carbonyl (C=O) groups is 4. The lowest BCUT2D eigenvalue weighted by Gasteiger charge is -2.25. The fourth-order valence-corrected chi connectivity index (χ4v) is 5.90. The van der Waals surface area contributed by atoms with E-state index in [4.69, 9.17) is 23.8 Å². The minimum absolute atomic E-state index is 0.0710. The molecule has 5 rings (SSSR count). The Balaban J connectivity index is 1.40. The standard InChI is InChI=1S/C25H18ClN3O5S2/c26-15-7-5-13(6-8-15)9-20-23(32)29(25(35)36-20)18-11-21(30)28(22(18)31)19(24(33)34)10-14-12-27-17-4-2-1-3-16(14)17/h1-9,12,18-19,27H,10-11H2,(H,33,34). The third-order valence-electron chi connectivity index (χ3n) is 6.15. The van der Waals surface area contributed by atoms with Crippen LogP contribution in [-0.4, -0.2) is 60.0 Å². The Kier molecular flexibility index (Phi) is 6.42. The number of aromatic nitrogens is 1. The molecule has 0 spiro atoms. The first kappa shape index (κ1) is 24.2. The second-order valence-electron chi connectivity index (χ2n) is 8.34. The van der Waals surface area contributed by atoms with Crippen LogP contribution in [0.1, 0.15) is 17.5 Å². The lowest BCUT2D eigenvalue weighted by Crippen LogP contribution is -2.50. The lowest BCUT2D eigenvalue weighted by atomic mass is 10.0. The molecular formula is C25H18ClN3O5S2. The highest BCUT2D eigenvalue weighted by molar-refractivity contribution is 8.26. The van der Waals surface area contributed by atoms with Gasteiger partial charge in [0, 0.05) is 28.5 Å². The first-order chi connectivity index (χ1) is 17.2. The maximum atomic E-state index is 13.4. The molecule has 0 saturated carbocycles. The summed E-state index contributed by atoms with van der Waals surface area (Å²) in [4.78, 5) is 56.9. The van der Waals surface area contributed by atoms with Crippen molar-refractivity contribution in [3.05, 3.63) is 75.8 Å². The number of carbonyl (C=O) groups excluding carboxylic acids is 3. The molecule has 0 aliphatic carbocycles. The van der Waals surface area contributed by atoms with Crippen molar-refractivity contribution >= 4 is 80.6 Å². The van der Waals surface area contributed by atoms with E-state index in [1.54, 1.807) is 36.5 Å². The van der Waals surface area contributed by atoms with Crippen molar-refractivity contribution in [2.45, 2.75) is 24.9 Å². The van der Waals surface area contributed by atoms with E-state index in [0.717, 1.165) is 38.0 Å². The summed E-state index contributed by atoms with van der Waals surface area (Å²) >= 11 is 12.3. The fraction of sp³-hybridized carbons (Fsp3) is 0.160. The Morgan fingerprint density at radius 3 is 2.64 bits per heavy atom. The molecule has 2 aliphatic rings. The molecule has 0 radical (unpaired) electrons. The molecule has 11 heteroatoms. The molecule has 3 aromatic rings. The van der Waals surface area contributed by atoms with Gasteiger partial charge in [-0.2, -0.15) is 0 Å². The van der Waals surface area contributed by atoms with Crippen molar-refractivity contribution < 1.29 is 24.3 Å². The Morgan fingerprint density at radius 2 is 1.92 bits per heavy atom. The van der Waals surface area contributed by atoms with Gasteiger partial charge in [-0.1, -0.05) is 65.9 Å². The number of nitrogens with one attached hydrogen (secondary N) is 1. The van der Waals surface area contributed by atoms with E-state index in [0.29, 0.717) is 15.5 Å². The summed E-state index contributed by atoms with van der Waals surface area (Å²) in [6.45, 7) is 0. The molecule has 0 bridgehead atoms. The Hall–Kier alpha value is -3.47. The van der Waals surface area contributed by atoms with Gasteiger partial charge in [-0.3, -0.25) is 24.2 Å². The predicted octanol–water partition coefficient (Wildman–Crippen LogP) is 3.85. The Bertz CT molecular complexity index is 1470. The fourth-order valence-electron chi connectivity index (χ4n) is 4.42. The Morgan fingerprint density at radius 1 is 1.19 bits per heavy atom. The number of rotatable bonds is 6. The molecule has 3 amide bonds. The molecule has 2 unspecified atom stereocenters. The van der Waals surface area contributed by atoms with Crippen molar-refractivity contribution in [3.8, 4) is 0 Å². The molecule has 8 nitrogen and oxygen atoms in total. The van der Waals surface area contributed by atoms with Crippen molar-refractivity contribution in [2.75, 3.05) is 0 Å². The number of carboxylic acids is 1. The van der Waals surface area contributed by atoms with Gasteiger partial charge in [0.05, 0.1) is 11.3 Å². The number of aromatic amines is 1. The number of hydrogen-bond acceptors (Lipinski definition) is 6. The number of halogens is 1. The monoisotopic (exact) mass is 539 g/mol. The molecule has 3 heterocycles. The van der Waals surface area contributed by atoms with Crippen LogP contribution in [0.2, 0.25) is 5.02 Å². The number of H-pyrrole nitrogens is 1. The van der Waals surface area contributed by atoms with Crippen LogP contribution in [0.4, 0.5) is 0 Å². The van der Waals surface area contributed by atoms with Gasteiger partial charge >= 0.3 is 5.97 Å². The normalized spacial score (nSPS) is 20.2. The van der Waals surface area contributed by atoms with Crippen LogP contribution < -0.4 is 0 Å². The van der Waals surface area contributed by atoms with Crippen LogP contribution in [0, 0.1) is 0 Å². The van der Waals surface area contributed by atoms with Gasteiger partial charge in [0.1, 0.15) is 16.4 Å². The van der Waals surface area contributed by atoms with Gasteiger partial charge in [0.2, 0.25) is 5.91 Å². The first-order valence-corrected chi connectivity index (χ1v) is 12.5. The van der Waals surface area contributed by atoms with Gasteiger partial charge in [0.15, 0.2) is 0 Å². The van der Waals surface area contributed by atoms with E-state index in [-0.39, 0.29) is 17.2 Å². The van der Waals surface area contributed by atoms with Crippen molar-refractivity contribution in [2.24, 2.45) is 0 Å². The van der Waals surface area contributed by atoms with Crippen LogP contribution in [0.15, 0.2) is 59.6 Å². The number of imide groups is 1. The summed E-state index contributed by atoms with van der Waals surface area (Å²) < 4.78 is 0.136. The van der Waals surface area contributed by atoms with Crippen molar-refractivity contribution in [1.82, 2.24) is 14.8 Å². The molecule has 2 saturated heterocycles. The molecule has 2 fully saturated rings. The van der Waals surface area contributed by atoms with Crippen molar-refractivity contribution in [3.63, 3.8) is 0 Å². The Labute approximate surface area is 219 Å². The van der Waals surface area contributed by atoms with Gasteiger partial charge in [0.25, 0.3) is 11.8 Å². The summed E-state index contributed by atoms with van der Waals surface area (Å²) in [6.07, 6.45) is 2.90. The van der Waals surface area contributed by atoms with Crippen LogP contribution in [0.25, 0.3) is 17.0 Å². The predicted molar refractivity (Wildman–Crippen MR) is 140 cm³/mol. The largest absolute Gasteiger partial charge is 0.480 e. The summed E-state index contributed by atoms with van der Waals surface area (Å²) in [5, 5.41) is 11.3. The van der Waals surface area contributed by atoms with Crippen LogP contribution in [0.5, 0.6) is 0 Å². The van der Waals surface area contributed by atoms with Crippen LogP contribution in [0.3, 0.4) is 0 Å². The second-order valence-corrected chi connectivity index (χ2v) is 10.5. The quantitative estimate of drug-likeness (QED) is 0.278. The average molecular weight is 540 g/mol. The second kappa shape index (κ2) is 9.53. The van der Waals surface area contributed by atoms with E-state index >= 15 is 0 Å². The number of hydrogen-bond donors (Lipinski definition) is 2. The smallest absolute Gasteiger partial charge is 0.327 e. The highest BCUT2D eigenvalue weighted by Crippen LogP contribution is 2.37. The summed E-state index contributed by atoms with van der Waals surface area (Å²) in [7, 11) is 0. The van der Waals surface area contributed by atoms with Gasteiger partial charge in [-0.25, -0.2) is 4.79 Å². The van der Waals surface area contributed by atoms with E-state index in [2.05, 4.69) is 4.98 Å². The van der Waals surface area contributed by atoms with Crippen LogP contribution >= 0.6 is 35.6 Å². The molecule has 2 atom stereocenters. The zero-order valence-corrected chi connectivity index (χ0v) is 20.9. The number of benzene rings is 2. The van der Waals surface area contributed by atoms with E-state index in [9.17, 15) is 24.3 Å². The zero-order chi connectivity index (χ0) is 25.6. The number of para-hydroxylation sites is 1. The highest BCUT2D eigenvalue weighted by Gasteiger charge is 2.51. The number of thioether (sulfide) groups is 1. The molecule has 2 N–H and O–H groups in total. The molecule has 2 aromatic carbocycles. The number of aliphatic carboxylic acids is 1. The van der Waals surface area contributed by atoms with Gasteiger partial charge in [-0.15, -0.1) is 0 Å².